The van der Waals surface area contributed by atoms with Gasteiger partial charge in [-0.1, -0.05) is 30.3 Å². The van der Waals surface area contributed by atoms with Gasteiger partial charge < -0.3 is 10.1 Å². The van der Waals surface area contributed by atoms with Gasteiger partial charge in [-0.15, -0.1) is 0 Å². The normalized spacial score (nSPS) is 15.7. The van der Waals surface area contributed by atoms with E-state index in [9.17, 15) is 0 Å². The molecule has 1 aliphatic rings. The highest BCUT2D eigenvalue weighted by Crippen LogP contribution is 2.52. The molecular formula is C17H21N3O. The Morgan fingerprint density at radius 1 is 1.19 bits per heavy atom. The van der Waals surface area contributed by atoms with E-state index in [-0.39, 0.29) is 5.41 Å². The Bertz CT molecular complexity index is 584. The van der Waals surface area contributed by atoms with Crippen molar-refractivity contribution in [3.05, 3.63) is 53.5 Å². The zero-order valence-corrected chi connectivity index (χ0v) is 12.6. The average Bonchev–Trinajstić information content (AvgIpc) is 3.30. The number of hydrogen-bond acceptors (Lipinski definition) is 4. The molecular weight excluding hydrogens is 262 g/mol. The Kier molecular flexibility index (Phi) is 3.88. The van der Waals surface area contributed by atoms with Crippen molar-refractivity contribution in [2.75, 3.05) is 19.0 Å². The number of ether oxygens (including phenoxy) is 1. The van der Waals surface area contributed by atoms with Gasteiger partial charge in [-0.2, -0.15) is 0 Å². The average molecular weight is 283 g/mol. The van der Waals surface area contributed by atoms with E-state index in [1.165, 1.54) is 5.56 Å². The number of nitrogens with zero attached hydrogens (tertiary/aromatic N) is 2. The van der Waals surface area contributed by atoms with Crippen LogP contribution in [0.3, 0.4) is 0 Å². The van der Waals surface area contributed by atoms with E-state index in [2.05, 4.69) is 36.5 Å². The molecule has 1 fully saturated rings. The molecule has 1 N–H and O–H groups in total. The summed E-state index contributed by atoms with van der Waals surface area (Å²) in [6.45, 7) is 3.43. The fourth-order valence-electron chi connectivity index (χ4n) is 2.73. The molecule has 0 spiro atoms. The van der Waals surface area contributed by atoms with E-state index < -0.39 is 0 Å². The highest BCUT2D eigenvalue weighted by Gasteiger charge is 2.48. The van der Waals surface area contributed by atoms with Gasteiger partial charge in [0, 0.05) is 19.7 Å². The second kappa shape index (κ2) is 5.82. The van der Waals surface area contributed by atoms with Gasteiger partial charge in [0.1, 0.15) is 11.6 Å². The van der Waals surface area contributed by atoms with Crippen molar-refractivity contribution in [3.63, 3.8) is 0 Å². The number of anilines is 1. The lowest BCUT2D eigenvalue weighted by atomic mass is 9.95. The Morgan fingerprint density at radius 2 is 1.95 bits per heavy atom. The van der Waals surface area contributed by atoms with E-state index >= 15 is 0 Å². The van der Waals surface area contributed by atoms with Crippen molar-refractivity contribution < 1.29 is 4.74 Å². The lowest BCUT2D eigenvalue weighted by molar-refractivity contribution is 0.181. The maximum Gasteiger partial charge on any atom is 0.141 e. The van der Waals surface area contributed by atoms with Gasteiger partial charge in [-0.05, 0) is 25.3 Å². The fraction of sp³-hybridized carbons (Fsp3) is 0.412. The van der Waals surface area contributed by atoms with Crippen LogP contribution in [0.15, 0.2) is 36.4 Å². The molecule has 1 aromatic heterocycles. The van der Waals surface area contributed by atoms with Crippen molar-refractivity contribution in [1.82, 2.24) is 9.97 Å². The van der Waals surface area contributed by atoms with Crippen LogP contribution in [-0.2, 0) is 16.8 Å². The molecule has 0 bridgehead atoms. The number of aromatic nitrogens is 2. The highest BCUT2D eigenvalue weighted by molar-refractivity contribution is 5.44. The van der Waals surface area contributed by atoms with Gasteiger partial charge in [-0.25, -0.2) is 9.97 Å². The van der Waals surface area contributed by atoms with Crippen LogP contribution in [0.25, 0.3) is 0 Å². The third-order valence-corrected chi connectivity index (χ3v) is 3.93. The van der Waals surface area contributed by atoms with Crippen LogP contribution < -0.4 is 5.32 Å². The van der Waals surface area contributed by atoms with E-state index in [1.54, 1.807) is 7.11 Å². The maximum atomic E-state index is 5.24. The molecule has 3 rings (SSSR count). The Hall–Kier alpha value is -1.94. The first-order chi connectivity index (χ1) is 10.3. The minimum Gasteiger partial charge on any atom is -0.378 e. The second-order valence-corrected chi connectivity index (χ2v) is 5.48. The van der Waals surface area contributed by atoms with Crippen LogP contribution in [0.1, 0.15) is 36.8 Å². The molecule has 4 heteroatoms. The highest BCUT2D eigenvalue weighted by atomic mass is 16.5. The van der Waals surface area contributed by atoms with Crippen molar-refractivity contribution in [2.45, 2.75) is 31.8 Å². The molecule has 0 atom stereocenters. The summed E-state index contributed by atoms with van der Waals surface area (Å²) in [7, 11) is 1.69. The molecule has 0 aliphatic heterocycles. The quantitative estimate of drug-likeness (QED) is 0.884. The smallest absolute Gasteiger partial charge is 0.141 e. The van der Waals surface area contributed by atoms with E-state index in [0.29, 0.717) is 6.61 Å². The van der Waals surface area contributed by atoms with Crippen LogP contribution in [0, 0.1) is 0 Å². The summed E-state index contributed by atoms with van der Waals surface area (Å²) in [5, 5.41) is 3.29. The predicted octanol–water partition coefficient (Wildman–Crippen LogP) is 3.13. The SMILES string of the molecule is CCNc1cc(COC)nc(C2(c3ccccc3)CC2)n1. The van der Waals surface area contributed by atoms with Gasteiger partial charge >= 0.3 is 0 Å². The molecule has 0 amide bonds. The third-order valence-electron chi connectivity index (χ3n) is 3.93. The zero-order chi connectivity index (χ0) is 14.7. The number of methoxy groups -OCH3 is 1. The maximum absolute atomic E-state index is 5.24. The molecule has 2 aromatic rings. The molecule has 21 heavy (non-hydrogen) atoms. The minimum atomic E-state index is -0.00478. The van der Waals surface area contributed by atoms with Crippen molar-refractivity contribution in [3.8, 4) is 0 Å². The van der Waals surface area contributed by atoms with Gasteiger partial charge in [0.05, 0.1) is 17.7 Å². The Morgan fingerprint density at radius 3 is 2.57 bits per heavy atom. The monoisotopic (exact) mass is 283 g/mol. The summed E-state index contributed by atoms with van der Waals surface area (Å²) < 4.78 is 5.24. The van der Waals surface area contributed by atoms with E-state index in [1.807, 2.05) is 12.1 Å². The van der Waals surface area contributed by atoms with Crippen molar-refractivity contribution in [2.24, 2.45) is 0 Å². The third kappa shape index (κ3) is 2.76. The molecule has 4 nitrogen and oxygen atoms in total. The summed E-state index contributed by atoms with van der Waals surface area (Å²) in [4.78, 5) is 9.48. The van der Waals surface area contributed by atoms with Gasteiger partial charge in [0.25, 0.3) is 0 Å². The molecule has 1 aromatic carbocycles. The van der Waals surface area contributed by atoms with E-state index in [0.717, 1.165) is 36.7 Å². The van der Waals surface area contributed by atoms with Crippen molar-refractivity contribution in [1.29, 1.82) is 0 Å². The lowest BCUT2D eigenvalue weighted by Crippen LogP contribution is -2.16. The zero-order valence-electron chi connectivity index (χ0n) is 12.6. The van der Waals surface area contributed by atoms with Crippen LogP contribution >= 0.6 is 0 Å². The van der Waals surface area contributed by atoms with Crippen LogP contribution in [0.2, 0.25) is 0 Å². The second-order valence-electron chi connectivity index (χ2n) is 5.48. The van der Waals surface area contributed by atoms with Gasteiger partial charge in [-0.3, -0.25) is 0 Å². The first kappa shape index (κ1) is 14.0. The summed E-state index contributed by atoms with van der Waals surface area (Å²) >= 11 is 0. The number of hydrogen-bond donors (Lipinski definition) is 1. The largest absolute Gasteiger partial charge is 0.378 e. The molecule has 1 saturated carbocycles. The molecule has 110 valence electrons. The molecule has 0 radical (unpaired) electrons. The van der Waals surface area contributed by atoms with Gasteiger partial charge in [0.15, 0.2) is 0 Å². The van der Waals surface area contributed by atoms with Crippen LogP contribution in [0.4, 0.5) is 5.82 Å². The molecule has 1 aliphatic carbocycles. The first-order valence-corrected chi connectivity index (χ1v) is 7.45. The van der Waals surface area contributed by atoms with E-state index in [4.69, 9.17) is 14.7 Å². The summed E-state index contributed by atoms with van der Waals surface area (Å²) in [6, 6.07) is 12.5. The molecule has 0 unspecified atom stereocenters. The van der Waals surface area contributed by atoms with Gasteiger partial charge in [0.2, 0.25) is 0 Å². The number of benzene rings is 1. The number of rotatable bonds is 6. The minimum absolute atomic E-state index is 0.00478. The summed E-state index contributed by atoms with van der Waals surface area (Å²) in [6.07, 6.45) is 2.22. The lowest BCUT2D eigenvalue weighted by Gasteiger charge is -2.17. The standard InChI is InChI=1S/C17H21N3O/c1-3-18-15-11-14(12-21-2)19-16(20-15)17(9-10-17)13-7-5-4-6-8-13/h4-8,11H,3,9-10,12H2,1-2H3,(H,18,19,20). The molecule has 0 saturated heterocycles. The van der Waals surface area contributed by atoms with Crippen molar-refractivity contribution >= 4 is 5.82 Å². The fourth-order valence-corrected chi connectivity index (χ4v) is 2.73. The molecule has 1 heterocycles. The van der Waals surface area contributed by atoms with Crippen LogP contribution in [-0.4, -0.2) is 23.6 Å². The summed E-state index contributed by atoms with van der Waals surface area (Å²) in [5.41, 5.74) is 2.23. The predicted molar refractivity (Wildman–Crippen MR) is 83.4 cm³/mol. The summed E-state index contributed by atoms with van der Waals surface area (Å²) in [5.74, 6) is 1.80. The Balaban J connectivity index is 2.01. The Labute approximate surface area is 125 Å². The van der Waals surface area contributed by atoms with Crippen LogP contribution in [0.5, 0.6) is 0 Å². The number of nitrogens with one attached hydrogen (secondary N) is 1. The first-order valence-electron chi connectivity index (χ1n) is 7.45. The topological polar surface area (TPSA) is 47.0 Å².